The van der Waals surface area contributed by atoms with Crippen LogP contribution in [0, 0.1) is 11.6 Å². The summed E-state index contributed by atoms with van der Waals surface area (Å²) in [5.41, 5.74) is 0.910. The van der Waals surface area contributed by atoms with Gasteiger partial charge in [0.25, 0.3) is 0 Å². The number of benzene rings is 2. The van der Waals surface area contributed by atoms with E-state index in [1.165, 1.54) is 18.2 Å². The third-order valence-electron chi connectivity index (χ3n) is 4.76. The van der Waals surface area contributed by atoms with Crippen molar-refractivity contribution in [2.75, 3.05) is 12.9 Å². The maximum absolute atomic E-state index is 13.5. The zero-order chi connectivity index (χ0) is 20.5. The zero-order valence-electron chi connectivity index (χ0n) is 16.0. The summed E-state index contributed by atoms with van der Waals surface area (Å²) in [4.78, 5) is 0.219. The van der Waals surface area contributed by atoms with Gasteiger partial charge in [0.05, 0.1) is 10.5 Å². The van der Waals surface area contributed by atoms with Gasteiger partial charge in [0.2, 0.25) is 0 Å². The van der Waals surface area contributed by atoms with Crippen LogP contribution < -0.4 is 4.74 Å². The van der Waals surface area contributed by atoms with Crippen LogP contribution in [0.15, 0.2) is 53.1 Å². The lowest BCUT2D eigenvalue weighted by molar-refractivity contribution is 0.0329. The van der Waals surface area contributed by atoms with Crippen molar-refractivity contribution in [3.05, 3.63) is 65.4 Å². The highest BCUT2D eigenvalue weighted by atomic mass is 32.2. The number of hydrogen-bond acceptors (Lipinski definition) is 4. The molecule has 0 bridgehead atoms. The first-order valence-electron chi connectivity index (χ1n) is 8.95. The first-order valence-corrected chi connectivity index (χ1v) is 10.8. The van der Waals surface area contributed by atoms with E-state index in [0.29, 0.717) is 5.76 Å². The quantitative estimate of drug-likeness (QED) is 0.692. The van der Waals surface area contributed by atoms with Gasteiger partial charge in [0, 0.05) is 17.9 Å². The summed E-state index contributed by atoms with van der Waals surface area (Å²) in [7, 11) is -3.31. The van der Waals surface area contributed by atoms with Crippen molar-refractivity contribution < 1.29 is 26.7 Å². The number of ether oxygens (including phenoxy) is 2. The third-order valence-corrected chi connectivity index (χ3v) is 5.89. The van der Waals surface area contributed by atoms with E-state index >= 15 is 0 Å². The van der Waals surface area contributed by atoms with Crippen LogP contribution in [0.4, 0.5) is 8.78 Å². The van der Waals surface area contributed by atoms with Gasteiger partial charge in [-0.15, -0.1) is 0 Å². The van der Waals surface area contributed by atoms with Crippen molar-refractivity contribution in [3.63, 3.8) is 0 Å². The Balaban J connectivity index is 2.05. The van der Waals surface area contributed by atoms with Crippen LogP contribution >= 0.6 is 0 Å². The van der Waals surface area contributed by atoms with Crippen LogP contribution in [0.25, 0.3) is 5.57 Å². The van der Waals surface area contributed by atoms with Crippen molar-refractivity contribution in [3.8, 4) is 5.75 Å². The Morgan fingerprint density at radius 3 is 2.36 bits per heavy atom. The van der Waals surface area contributed by atoms with Crippen molar-refractivity contribution in [1.82, 2.24) is 0 Å². The molecular formula is C21H22F2O4S. The molecule has 4 nitrogen and oxygen atoms in total. The van der Waals surface area contributed by atoms with Gasteiger partial charge >= 0.3 is 0 Å². The summed E-state index contributed by atoms with van der Waals surface area (Å²) >= 11 is 0. The van der Waals surface area contributed by atoms with Gasteiger partial charge in [-0.25, -0.2) is 17.2 Å². The SMILES string of the molecule is CCCC1(C)OCC(Oc2ccc(F)c(F)c2)=C1c1ccc(S(C)(=O)=O)cc1. The Labute approximate surface area is 163 Å². The molecule has 150 valence electrons. The lowest BCUT2D eigenvalue weighted by Gasteiger charge is -2.27. The van der Waals surface area contributed by atoms with E-state index in [1.54, 1.807) is 12.1 Å². The topological polar surface area (TPSA) is 52.6 Å². The molecule has 0 N–H and O–H groups in total. The minimum Gasteiger partial charge on any atom is -0.459 e. The number of hydrogen-bond donors (Lipinski definition) is 0. The van der Waals surface area contributed by atoms with Crippen molar-refractivity contribution in [2.45, 2.75) is 37.2 Å². The number of halogens is 2. The molecule has 1 aliphatic rings. The lowest BCUT2D eigenvalue weighted by atomic mass is 9.86. The zero-order valence-corrected chi connectivity index (χ0v) is 16.8. The van der Waals surface area contributed by atoms with Crippen molar-refractivity contribution in [2.24, 2.45) is 0 Å². The molecule has 1 unspecified atom stereocenters. The monoisotopic (exact) mass is 408 g/mol. The van der Waals surface area contributed by atoms with E-state index in [-0.39, 0.29) is 17.3 Å². The highest BCUT2D eigenvalue weighted by molar-refractivity contribution is 7.90. The fourth-order valence-electron chi connectivity index (χ4n) is 3.44. The normalized spacial score (nSPS) is 19.9. The highest BCUT2D eigenvalue weighted by Gasteiger charge is 2.39. The molecule has 0 saturated carbocycles. The van der Waals surface area contributed by atoms with Crippen molar-refractivity contribution >= 4 is 15.4 Å². The predicted octanol–water partition coefficient (Wildman–Crippen LogP) is 4.75. The summed E-state index contributed by atoms with van der Waals surface area (Å²) in [6.07, 6.45) is 2.74. The molecule has 3 rings (SSSR count). The van der Waals surface area contributed by atoms with E-state index in [9.17, 15) is 17.2 Å². The highest BCUT2D eigenvalue weighted by Crippen LogP contribution is 2.42. The second-order valence-corrected chi connectivity index (χ2v) is 9.06. The van der Waals surface area contributed by atoms with Crippen molar-refractivity contribution in [1.29, 1.82) is 0 Å². The molecule has 0 amide bonds. The average molecular weight is 408 g/mol. The van der Waals surface area contributed by atoms with Gasteiger partial charge in [-0.05, 0) is 43.2 Å². The van der Waals surface area contributed by atoms with Crippen LogP contribution in [0.1, 0.15) is 32.3 Å². The Bertz CT molecular complexity index is 1010. The largest absolute Gasteiger partial charge is 0.459 e. The molecule has 0 aliphatic carbocycles. The Kier molecular flexibility index (Phi) is 5.59. The molecule has 2 aromatic rings. The van der Waals surface area contributed by atoms with Gasteiger partial charge in [-0.3, -0.25) is 0 Å². The summed E-state index contributed by atoms with van der Waals surface area (Å²) in [6.45, 7) is 4.16. The lowest BCUT2D eigenvalue weighted by Crippen LogP contribution is -2.26. The maximum Gasteiger partial charge on any atom is 0.175 e. The van der Waals surface area contributed by atoms with E-state index in [0.717, 1.165) is 42.4 Å². The Hall–Kier alpha value is -2.25. The van der Waals surface area contributed by atoms with Crippen LogP contribution in [0.2, 0.25) is 0 Å². The molecule has 7 heteroatoms. The predicted molar refractivity (Wildman–Crippen MR) is 103 cm³/mol. The Morgan fingerprint density at radius 1 is 1.11 bits per heavy atom. The summed E-state index contributed by atoms with van der Waals surface area (Å²) in [5, 5.41) is 0. The number of sulfone groups is 1. The molecule has 2 aromatic carbocycles. The molecular weight excluding hydrogens is 386 g/mol. The summed E-state index contributed by atoms with van der Waals surface area (Å²) < 4.78 is 62.0. The molecule has 0 fully saturated rings. The molecule has 28 heavy (non-hydrogen) atoms. The molecule has 0 saturated heterocycles. The molecule has 0 aromatic heterocycles. The number of rotatable bonds is 6. The van der Waals surface area contributed by atoms with E-state index in [4.69, 9.17) is 9.47 Å². The Morgan fingerprint density at radius 2 is 1.79 bits per heavy atom. The molecule has 1 atom stereocenters. The third kappa shape index (κ3) is 4.10. The molecule has 1 heterocycles. The standard InChI is InChI=1S/C21H22F2O4S/c1-4-11-21(2)20(14-5-8-16(9-6-14)28(3,24)25)19(13-26-21)27-15-7-10-17(22)18(23)12-15/h5-10,12H,4,11,13H2,1-3H3. The molecule has 0 radical (unpaired) electrons. The molecule has 1 aliphatic heterocycles. The first kappa shape index (κ1) is 20.5. The van der Waals surface area contributed by atoms with Gasteiger partial charge in [-0.2, -0.15) is 0 Å². The second kappa shape index (κ2) is 7.64. The maximum atomic E-state index is 13.5. The van der Waals surface area contributed by atoms with Gasteiger partial charge in [0.1, 0.15) is 18.1 Å². The van der Waals surface area contributed by atoms with Crippen LogP contribution in [-0.2, 0) is 14.6 Å². The van der Waals surface area contributed by atoms with E-state index < -0.39 is 27.1 Å². The smallest absolute Gasteiger partial charge is 0.175 e. The van der Waals surface area contributed by atoms with Gasteiger partial charge in [-0.1, -0.05) is 25.5 Å². The van der Waals surface area contributed by atoms with Gasteiger partial charge < -0.3 is 9.47 Å². The molecule has 0 spiro atoms. The van der Waals surface area contributed by atoms with E-state index in [2.05, 4.69) is 0 Å². The fraction of sp³-hybridized carbons (Fsp3) is 0.333. The van der Waals surface area contributed by atoms with Crippen LogP contribution in [0.3, 0.4) is 0 Å². The summed E-state index contributed by atoms with van der Waals surface area (Å²) in [5.74, 6) is -1.28. The van der Waals surface area contributed by atoms with Crippen LogP contribution in [0.5, 0.6) is 5.75 Å². The first-order chi connectivity index (χ1) is 13.1. The summed E-state index contributed by atoms with van der Waals surface area (Å²) in [6, 6.07) is 9.85. The minimum atomic E-state index is -3.31. The minimum absolute atomic E-state index is 0.170. The fourth-order valence-corrected chi connectivity index (χ4v) is 4.07. The van der Waals surface area contributed by atoms with Gasteiger partial charge in [0.15, 0.2) is 21.5 Å². The average Bonchev–Trinajstić information content (AvgIpc) is 2.94. The van der Waals surface area contributed by atoms with E-state index in [1.807, 2.05) is 13.8 Å². The van der Waals surface area contributed by atoms with Crippen LogP contribution in [-0.4, -0.2) is 26.9 Å². The second-order valence-electron chi connectivity index (χ2n) is 7.04.